The molecule has 21 heavy (non-hydrogen) atoms. The summed E-state index contributed by atoms with van der Waals surface area (Å²) >= 11 is 0. The molecular formula is C16H30O5. The van der Waals surface area contributed by atoms with Gasteiger partial charge in [0.2, 0.25) is 0 Å². The van der Waals surface area contributed by atoms with Crippen LogP contribution in [0, 0.1) is 23.2 Å². The van der Waals surface area contributed by atoms with E-state index in [4.69, 9.17) is 18.9 Å². The van der Waals surface area contributed by atoms with Gasteiger partial charge in [0.25, 0.3) is 0 Å². The summed E-state index contributed by atoms with van der Waals surface area (Å²) < 4.78 is 22.7. The average molecular weight is 302 g/mol. The van der Waals surface area contributed by atoms with Gasteiger partial charge in [-0.25, -0.2) is 0 Å². The molecule has 5 nitrogen and oxygen atoms in total. The molecule has 1 aliphatic heterocycles. The summed E-state index contributed by atoms with van der Waals surface area (Å²) in [5, 5.41) is 10.5. The second-order valence-corrected chi connectivity index (χ2v) is 7.05. The third-order valence-corrected chi connectivity index (χ3v) is 5.92. The molecule has 0 bridgehead atoms. The van der Waals surface area contributed by atoms with E-state index < -0.39 is 5.79 Å². The molecule has 2 rings (SSSR count). The lowest BCUT2D eigenvalue weighted by Gasteiger charge is -2.61. The predicted molar refractivity (Wildman–Crippen MR) is 78.7 cm³/mol. The Bertz CT molecular complexity index is 363. The van der Waals surface area contributed by atoms with Gasteiger partial charge in [0.15, 0.2) is 5.79 Å². The minimum atomic E-state index is -0.659. The first-order valence-electron chi connectivity index (χ1n) is 7.78. The number of rotatable bonds is 4. The Morgan fingerprint density at radius 3 is 2.48 bits per heavy atom. The van der Waals surface area contributed by atoms with Crippen molar-refractivity contribution in [2.75, 3.05) is 27.6 Å². The first-order valence-corrected chi connectivity index (χ1v) is 7.78. The van der Waals surface area contributed by atoms with Gasteiger partial charge in [0.1, 0.15) is 6.79 Å². The summed E-state index contributed by atoms with van der Waals surface area (Å²) in [5.74, 6) is -0.162. The molecule has 5 heteroatoms. The molecule has 0 aromatic rings. The molecule has 2 aliphatic rings. The van der Waals surface area contributed by atoms with Crippen molar-refractivity contribution < 1.29 is 24.1 Å². The van der Waals surface area contributed by atoms with Gasteiger partial charge in [-0.1, -0.05) is 20.8 Å². The van der Waals surface area contributed by atoms with Gasteiger partial charge in [-0.3, -0.25) is 0 Å². The Balaban J connectivity index is 2.35. The largest absolute Gasteiger partial charge is 0.393 e. The Labute approximate surface area is 127 Å². The Morgan fingerprint density at radius 2 is 1.90 bits per heavy atom. The summed E-state index contributed by atoms with van der Waals surface area (Å²) in [6.07, 6.45) is 0.437. The van der Waals surface area contributed by atoms with Crippen LogP contribution in [0.3, 0.4) is 0 Å². The van der Waals surface area contributed by atoms with Crippen molar-refractivity contribution in [1.82, 2.24) is 0 Å². The highest BCUT2D eigenvalue weighted by Gasteiger charge is 2.62. The Morgan fingerprint density at radius 1 is 1.24 bits per heavy atom. The molecule has 1 aliphatic carbocycles. The van der Waals surface area contributed by atoms with E-state index in [0.717, 1.165) is 6.42 Å². The van der Waals surface area contributed by atoms with Crippen LogP contribution >= 0.6 is 0 Å². The standard InChI is InChI=1S/C16H30O5/c1-10-7-15(3)13(11(2)14(10)17)12(20-9-18-5)8-21-16(15,4)19-6/h10-14,17H,7-9H2,1-6H3/t10-,11+,12+,13-,14-,15+,16-/m0/s1. The number of methoxy groups -OCH3 is 2. The van der Waals surface area contributed by atoms with Crippen LogP contribution in [-0.2, 0) is 18.9 Å². The number of aliphatic hydroxyl groups is 1. The van der Waals surface area contributed by atoms with Crippen LogP contribution in [0.5, 0.6) is 0 Å². The lowest BCUT2D eigenvalue weighted by molar-refractivity contribution is -0.361. The average Bonchev–Trinajstić information content (AvgIpc) is 2.45. The van der Waals surface area contributed by atoms with E-state index in [1.807, 2.05) is 6.92 Å². The zero-order valence-electron chi connectivity index (χ0n) is 14.1. The lowest BCUT2D eigenvalue weighted by atomic mass is 9.53. The molecule has 124 valence electrons. The summed E-state index contributed by atoms with van der Waals surface area (Å²) in [5.41, 5.74) is -0.212. The number of hydrogen-bond donors (Lipinski definition) is 1. The molecule has 0 unspecified atom stereocenters. The maximum Gasteiger partial charge on any atom is 0.170 e. The topological polar surface area (TPSA) is 57.2 Å². The fraction of sp³-hybridized carbons (Fsp3) is 1.00. The second-order valence-electron chi connectivity index (χ2n) is 7.05. The molecule has 1 saturated heterocycles. The van der Waals surface area contributed by atoms with E-state index in [0.29, 0.717) is 6.61 Å². The van der Waals surface area contributed by atoms with Crippen LogP contribution in [0.4, 0.5) is 0 Å². The Hall–Kier alpha value is -0.200. The second kappa shape index (κ2) is 6.13. The fourth-order valence-electron chi connectivity index (χ4n) is 4.58. The van der Waals surface area contributed by atoms with Crippen LogP contribution in [0.25, 0.3) is 0 Å². The van der Waals surface area contributed by atoms with Crippen LogP contribution < -0.4 is 0 Å². The van der Waals surface area contributed by atoms with Crippen LogP contribution in [0.1, 0.15) is 34.1 Å². The molecule has 0 radical (unpaired) electrons. The molecule has 1 N–H and O–H groups in total. The molecule has 0 spiro atoms. The van der Waals surface area contributed by atoms with Crippen LogP contribution in [-0.4, -0.2) is 50.7 Å². The van der Waals surface area contributed by atoms with E-state index >= 15 is 0 Å². The SMILES string of the molecule is COCO[C@@H]1CO[C@](C)(OC)[C@]2(C)C[C@H](C)[C@H](O)[C@H](C)[C@@H]12. The fourth-order valence-corrected chi connectivity index (χ4v) is 4.58. The van der Waals surface area contributed by atoms with E-state index in [9.17, 15) is 5.11 Å². The monoisotopic (exact) mass is 302 g/mol. The van der Waals surface area contributed by atoms with Gasteiger partial charge in [0.05, 0.1) is 18.8 Å². The van der Waals surface area contributed by atoms with E-state index in [1.165, 1.54) is 0 Å². The van der Waals surface area contributed by atoms with Gasteiger partial charge < -0.3 is 24.1 Å². The number of aliphatic hydroxyl groups excluding tert-OH is 1. The highest BCUT2D eigenvalue weighted by molar-refractivity contribution is 5.07. The zero-order chi connectivity index (χ0) is 15.8. The van der Waals surface area contributed by atoms with E-state index in [1.54, 1.807) is 14.2 Å². The molecule has 1 heterocycles. The van der Waals surface area contributed by atoms with Crippen LogP contribution in [0.15, 0.2) is 0 Å². The van der Waals surface area contributed by atoms with Crippen molar-refractivity contribution in [3.63, 3.8) is 0 Å². The van der Waals surface area contributed by atoms with Gasteiger partial charge in [-0.2, -0.15) is 0 Å². The van der Waals surface area contributed by atoms with Gasteiger partial charge in [-0.15, -0.1) is 0 Å². The first-order chi connectivity index (χ1) is 9.80. The quantitative estimate of drug-likeness (QED) is 0.805. The van der Waals surface area contributed by atoms with E-state index in [-0.39, 0.29) is 42.2 Å². The molecule has 1 saturated carbocycles. The van der Waals surface area contributed by atoms with E-state index in [2.05, 4.69) is 20.8 Å². The summed E-state index contributed by atoms with van der Waals surface area (Å²) in [6.45, 7) is 9.10. The number of hydrogen-bond acceptors (Lipinski definition) is 5. The third kappa shape index (κ3) is 2.63. The minimum Gasteiger partial charge on any atom is -0.393 e. The first kappa shape index (κ1) is 17.2. The molecule has 2 fully saturated rings. The molecule has 7 atom stereocenters. The maximum atomic E-state index is 10.5. The van der Waals surface area contributed by atoms with Crippen molar-refractivity contribution in [3.05, 3.63) is 0 Å². The van der Waals surface area contributed by atoms with Gasteiger partial charge in [0, 0.05) is 25.6 Å². The lowest BCUT2D eigenvalue weighted by Crippen LogP contribution is -2.66. The van der Waals surface area contributed by atoms with Crippen molar-refractivity contribution in [2.24, 2.45) is 23.2 Å². The zero-order valence-corrected chi connectivity index (χ0v) is 14.1. The van der Waals surface area contributed by atoms with Crippen LogP contribution in [0.2, 0.25) is 0 Å². The molecular weight excluding hydrogens is 272 g/mol. The van der Waals surface area contributed by atoms with Crippen molar-refractivity contribution >= 4 is 0 Å². The Kier molecular flexibility index (Phi) is 5.01. The molecule has 0 amide bonds. The minimum absolute atomic E-state index is 0.0877. The summed E-state index contributed by atoms with van der Waals surface area (Å²) in [4.78, 5) is 0. The maximum absolute atomic E-state index is 10.5. The molecule has 0 aromatic heterocycles. The third-order valence-electron chi connectivity index (χ3n) is 5.92. The predicted octanol–water partition coefficient (Wildman–Crippen LogP) is 2.03. The van der Waals surface area contributed by atoms with Crippen molar-refractivity contribution in [1.29, 1.82) is 0 Å². The summed E-state index contributed by atoms with van der Waals surface area (Å²) in [7, 11) is 3.31. The molecule has 0 aromatic carbocycles. The van der Waals surface area contributed by atoms with Crippen molar-refractivity contribution in [3.8, 4) is 0 Å². The summed E-state index contributed by atoms with van der Waals surface area (Å²) in [6, 6.07) is 0. The highest BCUT2D eigenvalue weighted by atomic mass is 16.7. The normalized spacial score (nSPS) is 50.7. The van der Waals surface area contributed by atoms with Crippen molar-refractivity contribution in [2.45, 2.75) is 52.1 Å². The highest BCUT2D eigenvalue weighted by Crippen LogP contribution is 2.58. The number of ether oxygens (including phenoxy) is 4. The van der Waals surface area contributed by atoms with Gasteiger partial charge in [-0.05, 0) is 25.2 Å². The number of fused-ring (bicyclic) bond motifs is 1. The smallest absolute Gasteiger partial charge is 0.170 e. The van der Waals surface area contributed by atoms with Gasteiger partial charge >= 0.3 is 0 Å².